The zero-order valence-corrected chi connectivity index (χ0v) is 16.7. The number of benzene rings is 1. The third kappa shape index (κ3) is 4.46. The van der Waals surface area contributed by atoms with E-state index < -0.39 is 5.97 Å². The average Bonchev–Trinajstić information content (AvgIpc) is 2.73. The second-order valence-corrected chi connectivity index (χ2v) is 6.28. The second-order valence-electron chi connectivity index (χ2n) is 6.28. The van der Waals surface area contributed by atoms with Crippen molar-refractivity contribution in [3.63, 3.8) is 0 Å². The lowest BCUT2D eigenvalue weighted by Crippen LogP contribution is -2.19. The van der Waals surface area contributed by atoms with Crippen LogP contribution < -0.4 is 20.7 Å². The Morgan fingerprint density at radius 1 is 1.00 bits per heavy atom. The van der Waals surface area contributed by atoms with E-state index in [1.165, 1.54) is 19.3 Å². The molecule has 30 heavy (non-hydrogen) atoms. The van der Waals surface area contributed by atoms with E-state index in [-0.39, 0.29) is 11.5 Å². The molecule has 0 saturated heterocycles. The van der Waals surface area contributed by atoms with Gasteiger partial charge in [0.1, 0.15) is 17.4 Å². The predicted octanol–water partition coefficient (Wildman–Crippen LogP) is 3.34. The fourth-order valence-electron chi connectivity index (χ4n) is 2.82. The number of pyridine rings is 2. The number of hydrogen-bond donors (Lipinski definition) is 4. The summed E-state index contributed by atoms with van der Waals surface area (Å²) >= 11 is 0. The van der Waals surface area contributed by atoms with E-state index in [0.717, 1.165) is 0 Å². The lowest BCUT2D eigenvalue weighted by Gasteiger charge is -2.15. The average molecular weight is 407 g/mol. The number of carbonyl (C=O) groups excluding carboxylic acids is 1. The van der Waals surface area contributed by atoms with Gasteiger partial charge in [0, 0.05) is 19.3 Å². The van der Waals surface area contributed by atoms with Gasteiger partial charge in [0.2, 0.25) is 0 Å². The molecule has 9 nitrogen and oxygen atoms in total. The van der Waals surface area contributed by atoms with Crippen molar-refractivity contribution in [2.75, 3.05) is 24.8 Å². The summed E-state index contributed by atoms with van der Waals surface area (Å²) in [7, 11) is 3.10. The van der Waals surface area contributed by atoms with Crippen LogP contribution in [0.5, 0.6) is 5.75 Å². The molecule has 0 aliphatic heterocycles. The van der Waals surface area contributed by atoms with Gasteiger partial charge in [-0.15, -0.1) is 0 Å². The van der Waals surface area contributed by atoms with Crippen LogP contribution >= 0.6 is 0 Å². The molecule has 0 aliphatic carbocycles. The molecular formula is C21H21N5O4. The SMILES string of the molecule is CNC(=O)c1cnc(Nc2ccc(C(=O)O)c(C)n2)cc1Nc1ccccc1OC. The number of anilines is 4. The first-order valence-corrected chi connectivity index (χ1v) is 9.03. The fraction of sp³-hybridized carbons (Fsp3) is 0.143. The highest BCUT2D eigenvalue weighted by atomic mass is 16.5. The number of amides is 1. The number of carbonyl (C=O) groups is 2. The number of para-hydroxylation sites is 2. The lowest BCUT2D eigenvalue weighted by atomic mass is 10.2. The molecule has 0 aliphatic rings. The van der Waals surface area contributed by atoms with Crippen molar-refractivity contribution < 1.29 is 19.4 Å². The summed E-state index contributed by atoms with van der Waals surface area (Å²) in [6.07, 6.45) is 1.44. The minimum Gasteiger partial charge on any atom is -0.495 e. The molecule has 3 aromatic rings. The number of aryl methyl sites for hydroxylation is 1. The normalized spacial score (nSPS) is 10.2. The number of carboxylic acids is 1. The number of nitrogens with zero attached hydrogens (tertiary/aromatic N) is 2. The number of carboxylic acid groups (broad SMARTS) is 1. The molecule has 0 spiro atoms. The van der Waals surface area contributed by atoms with Gasteiger partial charge in [-0.3, -0.25) is 4.79 Å². The van der Waals surface area contributed by atoms with E-state index in [9.17, 15) is 9.59 Å². The first kappa shape index (κ1) is 20.6. The molecule has 154 valence electrons. The Balaban J connectivity index is 1.95. The molecule has 2 heterocycles. The van der Waals surface area contributed by atoms with Gasteiger partial charge in [0.15, 0.2) is 0 Å². The van der Waals surface area contributed by atoms with Gasteiger partial charge >= 0.3 is 5.97 Å². The van der Waals surface area contributed by atoms with E-state index in [0.29, 0.717) is 40.0 Å². The van der Waals surface area contributed by atoms with Crippen LogP contribution in [-0.2, 0) is 0 Å². The summed E-state index contributed by atoms with van der Waals surface area (Å²) in [5, 5.41) is 18.0. The number of hydrogen-bond acceptors (Lipinski definition) is 7. The smallest absolute Gasteiger partial charge is 0.337 e. The highest BCUT2D eigenvalue weighted by Gasteiger charge is 2.15. The first-order valence-electron chi connectivity index (χ1n) is 9.03. The summed E-state index contributed by atoms with van der Waals surface area (Å²) in [6, 6.07) is 12.0. The van der Waals surface area contributed by atoms with E-state index in [4.69, 9.17) is 9.84 Å². The van der Waals surface area contributed by atoms with Crippen molar-refractivity contribution >= 4 is 34.9 Å². The zero-order chi connectivity index (χ0) is 21.7. The number of nitrogens with one attached hydrogen (secondary N) is 3. The number of ether oxygens (including phenoxy) is 1. The van der Waals surface area contributed by atoms with E-state index >= 15 is 0 Å². The van der Waals surface area contributed by atoms with Crippen LogP contribution in [0.25, 0.3) is 0 Å². The van der Waals surface area contributed by atoms with Gasteiger partial charge in [-0.25, -0.2) is 14.8 Å². The van der Waals surface area contributed by atoms with E-state index in [2.05, 4.69) is 25.9 Å². The monoisotopic (exact) mass is 407 g/mol. The fourth-order valence-corrected chi connectivity index (χ4v) is 2.82. The van der Waals surface area contributed by atoms with Crippen molar-refractivity contribution in [2.24, 2.45) is 0 Å². The Hall–Kier alpha value is -4.14. The standard InChI is InChI=1S/C21H21N5O4/c1-12-13(21(28)29)8-9-18(24-12)26-19-10-16(14(11-23-19)20(27)22-2)25-15-6-4-5-7-17(15)30-3/h4-11H,1-3H3,(H,22,27)(H,28,29)(H2,23,24,25,26). The summed E-state index contributed by atoms with van der Waals surface area (Å²) in [6.45, 7) is 1.62. The van der Waals surface area contributed by atoms with Gasteiger partial charge in [-0.1, -0.05) is 12.1 Å². The Labute approximate surface area is 173 Å². The van der Waals surface area contributed by atoms with E-state index in [1.54, 1.807) is 32.2 Å². The summed E-state index contributed by atoms with van der Waals surface area (Å²) in [5.74, 6) is 0.137. The summed E-state index contributed by atoms with van der Waals surface area (Å²) in [4.78, 5) is 32.0. The molecular weight excluding hydrogens is 386 g/mol. The molecule has 4 N–H and O–H groups in total. The van der Waals surface area contributed by atoms with Gasteiger partial charge in [-0.05, 0) is 31.2 Å². The van der Waals surface area contributed by atoms with Gasteiger partial charge in [0.25, 0.3) is 5.91 Å². The predicted molar refractivity (Wildman–Crippen MR) is 113 cm³/mol. The maximum atomic E-state index is 12.3. The Kier molecular flexibility index (Phi) is 6.11. The quantitative estimate of drug-likeness (QED) is 0.470. The number of aromatic nitrogens is 2. The van der Waals surface area contributed by atoms with Crippen LogP contribution in [0, 0.1) is 6.92 Å². The van der Waals surface area contributed by atoms with Crippen molar-refractivity contribution in [1.82, 2.24) is 15.3 Å². The first-order chi connectivity index (χ1) is 14.4. The largest absolute Gasteiger partial charge is 0.495 e. The lowest BCUT2D eigenvalue weighted by molar-refractivity contribution is 0.0695. The number of aromatic carboxylic acids is 1. The third-order valence-electron chi connectivity index (χ3n) is 4.32. The minimum absolute atomic E-state index is 0.127. The van der Waals surface area contributed by atoms with Crippen molar-refractivity contribution in [3.05, 3.63) is 65.5 Å². The van der Waals surface area contributed by atoms with Crippen molar-refractivity contribution in [2.45, 2.75) is 6.92 Å². The molecule has 9 heteroatoms. The molecule has 0 fully saturated rings. The highest BCUT2D eigenvalue weighted by molar-refractivity contribution is 6.00. The highest BCUT2D eigenvalue weighted by Crippen LogP contribution is 2.30. The molecule has 1 amide bonds. The summed E-state index contributed by atoms with van der Waals surface area (Å²) < 4.78 is 5.36. The van der Waals surface area contributed by atoms with Crippen molar-refractivity contribution in [3.8, 4) is 5.75 Å². The maximum absolute atomic E-state index is 12.3. The number of rotatable bonds is 7. The molecule has 2 aromatic heterocycles. The van der Waals surface area contributed by atoms with Gasteiger partial charge in [-0.2, -0.15) is 0 Å². The summed E-state index contributed by atoms with van der Waals surface area (Å²) in [5.41, 5.74) is 2.04. The minimum atomic E-state index is -1.04. The van der Waals surface area contributed by atoms with Crippen LogP contribution in [0.2, 0.25) is 0 Å². The molecule has 1 aromatic carbocycles. The van der Waals surface area contributed by atoms with E-state index in [1.807, 2.05) is 18.2 Å². The zero-order valence-electron chi connectivity index (χ0n) is 16.7. The van der Waals surface area contributed by atoms with Gasteiger partial charge in [0.05, 0.1) is 35.3 Å². The third-order valence-corrected chi connectivity index (χ3v) is 4.32. The van der Waals surface area contributed by atoms with Crippen molar-refractivity contribution in [1.29, 1.82) is 0 Å². The van der Waals surface area contributed by atoms with Gasteiger partial charge < -0.3 is 25.8 Å². The Morgan fingerprint density at radius 2 is 1.77 bits per heavy atom. The molecule has 0 saturated carbocycles. The second kappa shape index (κ2) is 8.91. The van der Waals surface area contributed by atoms with Crippen LogP contribution in [0.3, 0.4) is 0 Å². The molecule has 0 bridgehead atoms. The molecule has 0 atom stereocenters. The van der Waals surface area contributed by atoms with Crippen LogP contribution in [0.1, 0.15) is 26.4 Å². The Morgan fingerprint density at radius 3 is 2.43 bits per heavy atom. The maximum Gasteiger partial charge on any atom is 0.337 e. The topological polar surface area (TPSA) is 125 Å². The Bertz CT molecular complexity index is 1100. The van der Waals surface area contributed by atoms with Crippen LogP contribution in [-0.4, -0.2) is 41.1 Å². The molecule has 3 rings (SSSR count). The molecule has 0 radical (unpaired) electrons. The van der Waals surface area contributed by atoms with Crippen LogP contribution in [0.15, 0.2) is 48.7 Å². The molecule has 0 unspecified atom stereocenters. The number of methoxy groups -OCH3 is 1. The van der Waals surface area contributed by atoms with Crippen LogP contribution in [0.4, 0.5) is 23.0 Å².